The van der Waals surface area contributed by atoms with Crippen molar-refractivity contribution in [2.24, 2.45) is 12.5 Å². The standard InChI is InChI=1S/C17H26N4O3/c1-7-11-17(5,9-3)16(23)18-12(8-2)13-19-14(21(6)20-13)15(22)24-10-4/h1,12H,8-11H2,2-6H3,(H,18,23)/t12-,17?/m0/s1. The molecule has 0 aliphatic heterocycles. The van der Waals surface area contributed by atoms with Crippen LogP contribution in [0.2, 0.25) is 0 Å². The zero-order valence-electron chi connectivity index (χ0n) is 15.0. The molecule has 0 radical (unpaired) electrons. The average Bonchev–Trinajstić information content (AvgIpc) is 2.94. The van der Waals surface area contributed by atoms with E-state index in [1.54, 1.807) is 14.0 Å². The lowest BCUT2D eigenvalue weighted by atomic mass is 9.83. The zero-order chi connectivity index (χ0) is 18.3. The second-order valence-corrected chi connectivity index (χ2v) is 5.87. The lowest BCUT2D eigenvalue weighted by Crippen LogP contribution is -2.40. The number of carbonyl (C=O) groups excluding carboxylic acids is 2. The minimum absolute atomic E-state index is 0.112. The van der Waals surface area contributed by atoms with E-state index in [4.69, 9.17) is 11.2 Å². The number of aryl methyl sites for hydroxylation is 1. The van der Waals surface area contributed by atoms with Gasteiger partial charge in [0, 0.05) is 13.5 Å². The number of amides is 1. The van der Waals surface area contributed by atoms with Gasteiger partial charge in [0.1, 0.15) is 0 Å². The highest BCUT2D eigenvalue weighted by Gasteiger charge is 2.33. The van der Waals surface area contributed by atoms with E-state index >= 15 is 0 Å². The quantitative estimate of drug-likeness (QED) is 0.580. The predicted molar refractivity (Wildman–Crippen MR) is 90.0 cm³/mol. The Morgan fingerprint density at radius 2 is 2.08 bits per heavy atom. The van der Waals surface area contributed by atoms with Crippen LogP contribution in [0.15, 0.2) is 0 Å². The highest BCUT2D eigenvalue weighted by atomic mass is 16.5. The molecule has 1 aromatic heterocycles. The predicted octanol–water partition coefficient (Wildman–Crippen LogP) is 2.00. The first-order chi connectivity index (χ1) is 11.3. The first-order valence-corrected chi connectivity index (χ1v) is 8.15. The lowest BCUT2D eigenvalue weighted by Gasteiger charge is -2.27. The summed E-state index contributed by atoms with van der Waals surface area (Å²) in [7, 11) is 1.62. The molecule has 2 atom stereocenters. The number of carbonyl (C=O) groups is 2. The molecule has 0 aromatic carbocycles. The van der Waals surface area contributed by atoms with E-state index in [1.165, 1.54) is 4.68 Å². The number of hydrogen-bond donors (Lipinski definition) is 1. The summed E-state index contributed by atoms with van der Waals surface area (Å²) in [4.78, 5) is 28.7. The molecule has 1 rings (SSSR count). The van der Waals surface area contributed by atoms with Gasteiger partial charge in [-0.25, -0.2) is 14.5 Å². The molecular weight excluding hydrogens is 308 g/mol. The molecule has 0 saturated carbocycles. The van der Waals surface area contributed by atoms with Gasteiger partial charge in [0.25, 0.3) is 0 Å². The average molecular weight is 334 g/mol. The summed E-state index contributed by atoms with van der Waals surface area (Å²) in [5.41, 5.74) is -0.638. The fourth-order valence-electron chi connectivity index (χ4n) is 2.20. The van der Waals surface area contributed by atoms with Gasteiger partial charge in [0.15, 0.2) is 5.82 Å². The molecule has 1 heterocycles. The van der Waals surface area contributed by atoms with Crippen molar-refractivity contribution in [1.82, 2.24) is 20.1 Å². The number of rotatable bonds is 8. The van der Waals surface area contributed by atoms with Gasteiger partial charge in [0.05, 0.1) is 18.1 Å². The Bertz CT molecular complexity index is 632. The van der Waals surface area contributed by atoms with Crippen molar-refractivity contribution < 1.29 is 14.3 Å². The first kappa shape index (κ1) is 19.7. The number of hydrogen-bond acceptors (Lipinski definition) is 5. The third-order valence-corrected chi connectivity index (χ3v) is 4.08. The largest absolute Gasteiger partial charge is 0.460 e. The molecule has 7 heteroatoms. The molecule has 0 aliphatic rings. The highest BCUT2D eigenvalue weighted by Crippen LogP contribution is 2.27. The van der Waals surface area contributed by atoms with E-state index in [0.717, 1.165) is 0 Å². The van der Waals surface area contributed by atoms with Crippen LogP contribution in [-0.4, -0.2) is 33.2 Å². The van der Waals surface area contributed by atoms with Crippen molar-refractivity contribution in [3.8, 4) is 12.3 Å². The fraction of sp³-hybridized carbons (Fsp3) is 0.647. The molecule has 1 amide bonds. The summed E-state index contributed by atoms with van der Waals surface area (Å²) in [6, 6.07) is -0.393. The third kappa shape index (κ3) is 4.34. The summed E-state index contributed by atoms with van der Waals surface area (Å²) >= 11 is 0. The van der Waals surface area contributed by atoms with E-state index in [0.29, 0.717) is 25.1 Å². The summed E-state index contributed by atoms with van der Waals surface area (Å²) in [6.45, 7) is 7.66. The molecule has 132 valence electrons. The Hall–Kier alpha value is -2.36. The van der Waals surface area contributed by atoms with Crippen LogP contribution in [0.3, 0.4) is 0 Å². The van der Waals surface area contributed by atoms with Crippen molar-refractivity contribution in [2.75, 3.05) is 6.61 Å². The van der Waals surface area contributed by atoms with Crippen molar-refractivity contribution >= 4 is 11.9 Å². The monoisotopic (exact) mass is 334 g/mol. The van der Waals surface area contributed by atoms with E-state index in [1.807, 2.05) is 20.8 Å². The molecule has 0 spiro atoms. The third-order valence-electron chi connectivity index (χ3n) is 4.08. The van der Waals surface area contributed by atoms with Crippen LogP contribution < -0.4 is 5.32 Å². The van der Waals surface area contributed by atoms with Gasteiger partial charge in [0.2, 0.25) is 11.7 Å². The normalized spacial score (nSPS) is 14.3. The Morgan fingerprint density at radius 3 is 2.58 bits per heavy atom. The molecule has 1 unspecified atom stereocenters. The van der Waals surface area contributed by atoms with Gasteiger partial charge in [-0.1, -0.05) is 13.8 Å². The number of nitrogens with one attached hydrogen (secondary N) is 1. The molecule has 24 heavy (non-hydrogen) atoms. The van der Waals surface area contributed by atoms with Crippen molar-refractivity contribution in [3.63, 3.8) is 0 Å². The van der Waals surface area contributed by atoms with Crippen molar-refractivity contribution in [2.45, 2.75) is 53.0 Å². The van der Waals surface area contributed by atoms with Gasteiger partial charge >= 0.3 is 5.97 Å². The highest BCUT2D eigenvalue weighted by molar-refractivity contribution is 5.85. The summed E-state index contributed by atoms with van der Waals surface area (Å²) in [5.74, 6) is 2.38. The number of terminal acetylenes is 1. The molecule has 1 N–H and O–H groups in total. The van der Waals surface area contributed by atoms with Gasteiger partial charge in [-0.15, -0.1) is 12.3 Å². The molecule has 1 aromatic rings. The second-order valence-electron chi connectivity index (χ2n) is 5.87. The summed E-state index contributed by atoms with van der Waals surface area (Å²) in [6.07, 6.45) is 6.95. The molecule has 0 saturated heterocycles. The minimum Gasteiger partial charge on any atom is -0.460 e. The molecular formula is C17H26N4O3. The van der Waals surface area contributed by atoms with Gasteiger partial charge in [-0.3, -0.25) is 4.79 Å². The molecule has 0 aliphatic carbocycles. The number of nitrogens with zero attached hydrogens (tertiary/aromatic N) is 3. The second kappa shape index (κ2) is 8.48. The molecule has 7 nitrogen and oxygen atoms in total. The topological polar surface area (TPSA) is 86.1 Å². The van der Waals surface area contributed by atoms with E-state index in [9.17, 15) is 9.59 Å². The van der Waals surface area contributed by atoms with Gasteiger partial charge < -0.3 is 10.1 Å². The minimum atomic E-state index is -0.638. The van der Waals surface area contributed by atoms with Crippen LogP contribution in [0.4, 0.5) is 0 Å². The molecule has 0 bridgehead atoms. The van der Waals surface area contributed by atoms with E-state index in [2.05, 4.69) is 21.3 Å². The lowest BCUT2D eigenvalue weighted by molar-refractivity contribution is -0.131. The molecule has 0 fully saturated rings. The van der Waals surface area contributed by atoms with Crippen molar-refractivity contribution in [3.05, 3.63) is 11.6 Å². The number of esters is 1. The summed E-state index contributed by atoms with van der Waals surface area (Å²) in [5, 5.41) is 7.19. The Kier molecular flexibility index (Phi) is 6.96. The maximum absolute atomic E-state index is 12.6. The van der Waals surface area contributed by atoms with Crippen LogP contribution in [0.1, 0.15) is 69.4 Å². The Labute approximate surface area is 143 Å². The number of aromatic nitrogens is 3. The Balaban J connectivity index is 2.99. The van der Waals surface area contributed by atoms with E-state index < -0.39 is 17.4 Å². The maximum atomic E-state index is 12.6. The van der Waals surface area contributed by atoms with Crippen LogP contribution in [-0.2, 0) is 16.6 Å². The van der Waals surface area contributed by atoms with E-state index in [-0.39, 0.29) is 18.3 Å². The zero-order valence-corrected chi connectivity index (χ0v) is 15.0. The SMILES string of the molecule is C#CCC(C)(CC)C(=O)N[C@@H](CC)c1nc(C(=O)OCC)n(C)n1. The number of ether oxygens (including phenoxy) is 1. The fourth-order valence-corrected chi connectivity index (χ4v) is 2.20. The summed E-state index contributed by atoms with van der Waals surface area (Å²) < 4.78 is 6.31. The van der Waals surface area contributed by atoms with Crippen LogP contribution in [0, 0.1) is 17.8 Å². The smallest absolute Gasteiger partial charge is 0.376 e. The van der Waals surface area contributed by atoms with Crippen LogP contribution >= 0.6 is 0 Å². The maximum Gasteiger partial charge on any atom is 0.376 e. The van der Waals surface area contributed by atoms with Gasteiger partial charge in [-0.2, -0.15) is 5.10 Å². The van der Waals surface area contributed by atoms with Crippen LogP contribution in [0.25, 0.3) is 0 Å². The first-order valence-electron chi connectivity index (χ1n) is 8.15. The Morgan fingerprint density at radius 1 is 1.42 bits per heavy atom. The van der Waals surface area contributed by atoms with Crippen molar-refractivity contribution in [1.29, 1.82) is 0 Å². The van der Waals surface area contributed by atoms with Crippen LogP contribution in [0.5, 0.6) is 0 Å². The van der Waals surface area contributed by atoms with Gasteiger partial charge in [-0.05, 0) is 26.7 Å².